The van der Waals surface area contributed by atoms with E-state index in [1.165, 1.54) is 0 Å². The number of hydrogen-bond acceptors (Lipinski definition) is 5. The van der Waals surface area contributed by atoms with Crippen LogP contribution in [0.2, 0.25) is 0 Å². The van der Waals surface area contributed by atoms with Crippen LogP contribution in [0.3, 0.4) is 0 Å². The number of rotatable bonds is 3. The Hall–Kier alpha value is -1.77. The number of alkyl halides is 3. The largest absolute Gasteiger partial charge is 0.534 e. The molecule has 128 valence electrons. The van der Waals surface area contributed by atoms with Gasteiger partial charge in [0.2, 0.25) is 0 Å². The second kappa shape index (κ2) is 10.0. The average Bonchev–Trinajstić information content (AvgIpc) is 2.50. The highest BCUT2D eigenvalue weighted by Gasteiger charge is 2.48. The lowest BCUT2D eigenvalue weighted by Gasteiger charge is -2.09. The van der Waals surface area contributed by atoms with E-state index in [-0.39, 0.29) is 5.56 Å². The van der Waals surface area contributed by atoms with Crippen LogP contribution in [-0.2, 0) is 14.9 Å². The lowest BCUT2D eigenvalue weighted by molar-refractivity contribution is -0.0500. The Morgan fingerprint density at radius 1 is 1.00 bits per heavy atom. The summed E-state index contributed by atoms with van der Waals surface area (Å²) in [7, 11) is -4.58. The quantitative estimate of drug-likeness (QED) is 0.474. The van der Waals surface area contributed by atoms with Crippen molar-refractivity contribution in [2.75, 3.05) is 7.11 Å². The molecular weight excluding hydrogens is 325 g/mol. The van der Waals surface area contributed by atoms with E-state index in [1.54, 1.807) is 0 Å². The lowest BCUT2D eigenvalue weighted by Crippen LogP contribution is -2.28. The predicted molar refractivity (Wildman–Crippen MR) is 76.1 cm³/mol. The zero-order valence-electron chi connectivity index (χ0n) is 12.9. The van der Waals surface area contributed by atoms with Crippen molar-refractivity contribution >= 4 is 16.1 Å². The molecule has 9 heteroatoms. The van der Waals surface area contributed by atoms with Crippen LogP contribution in [-0.4, -0.2) is 27.0 Å². The van der Waals surface area contributed by atoms with E-state index in [2.05, 4.69) is 8.92 Å². The Kier molecular flexibility index (Phi) is 10.3. The van der Waals surface area contributed by atoms with Crippen LogP contribution in [0.5, 0.6) is 5.75 Å². The van der Waals surface area contributed by atoms with Gasteiger partial charge in [-0.2, -0.15) is 21.6 Å². The minimum absolute atomic E-state index is 0.0502. The molecule has 5 nitrogen and oxygen atoms in total. The summed E-state index contributed by atoms with van der Waals surface area (Å²) in [6, 6.07) is 3.98. The van der Waals surface area contributed by atoms with Crippen LogP contribution < -0.4 is 4.18 Å². The Balaban J connectivity index is 0. The van der Waals surface area contributed by atoms with Gasteiger partial charge in [0.05, 0.1) is 12.7 Å². The molecule has 0 aliphatic carbocycles. The summed E-state index contributed by atoms with van der Waals surface area (Å²) in [6.45, 7) is 8.00. The molecule has 0 aromatic heterocycles. The van der Waals surface area contributed by atoms with Crippen molar-refractivity contribution in [1.29, 1.82) is 0 Å². The molecule has 0 amide bonds. The first-order valence-electron chi connectivity index (χ1n) is 6.36. The van der Waals surface area contributed by atoms with Crippen molar-refractivity contribution in [2.45, 2.75) is 33.2 Å². The van der Waals surface area contributed by atoms with Gasteiger partial charge in [0.15, 0.2) is 0 Å². The maximum atomic E-state index is 12.0. The van der Waals surface area contributed by atoms with Gasteiger partial charge in [-0.25, -0.2) is 4.79 Å². The molecule has 0 aliphatic heterocycles. The number of hydrogen-bond donors (Lipinski definition) is 0. The molecule has 22 heavy (non-hydrogen) atoms. The van der Waals surface area contributed by atoms with Crippen LogP contribution in [0.1, 0.15) is 38.1 Å². The molecule has 0 saturated carbocycles. The summed E-state index contributed by atoms with van der Waals surface area (Å²) in [5.41, 5.74) is -5.46. The monoisotopic (exact) mass is 344 g/mol. The summed E-state index contributed by atoms with van der Waals surface area (Å²) < 4.78 is 65.5. The van der Waals surface area contributed by atoms with Crippen LogP contribution in [0, 0.1) is 0 Å². The normalized spacial score (nSPS) is 10.4. The van der Waals surface area contributed by atoms with Crippen molar-refractivity contribution < 1.29 is 35.3 Å². The highest BCUT2D eigenvalue weighted by Crippen LogP contribution is 2.26. The minimum atomic E-state index is -5.71. The maximum absolute atomic E-state index is 12.0. The first-order valence-corrected chi connectivity index (χ1v) is 7.77. The number of carbonyl (C=O) groups is 1. The van der Waals surface area contributed by atoms with Crippen molar-refractivity contribution in [3.8, 4) is 5.75 Å². The van der Waals surface area contributed by atoms with Gasteiger partial charge >= 0.3 is 21.6 Å². The molecule has 0 bridgehead atoms. The van der Waals surface area contributed by atoms with E-state index in [1.807, 2.05) is 27.7 Å². The smallest absolute Gasteiger partial charge is 0.465 e. The number of esters is 1. The van der Waals surface area contributed by atoms with E-state index in [0.717, 1.165) is 31.4 Å². The van der Waals surface area contributed by atoms with Crippen LogP contribution in [0.4, 0.5) is 13.2 Å². The van der Waals surface area contributed by atoms with Gasteiger partial charge in [-0.05, 0) is 24.3 Å². The van der Waals surface area contributed by atoms with E-state index in [0.29, 0.717) is 0 Å². The molecule has 0 heterocycles. The Bertz CT molecular complexity index is 536. The first kappa shape index (κ1) is 22.5. The Morgan fingerprint density at radius 2 is 1.41 bits per heavy atom. The first-order chi connectivity index (χ1) is 10.2. The van der Waals surface area contributed by atoms with E-state index >= 15 is 0 Å². The molecule has 0 radical (unpaired) electrons. The molecule has 0 atom stereocenters. The van der Waals surface area contributed by atoms with Crippen molar-refractivity contribution in [3.05, 3.63) is 29.8 Å². The van der Waals surface area contributed by atoms with E-state index in [4.69, 9.17) is 0 Å². The van der Waals surface area contributed by atoms with Crippen LogP contribution in [0.15, 0.2) is 24.3 Å². The van der Waals surface area contributed by atoms with Crippen LogP contribution in [0.25, 0.3) is 0 Å². The number of benzene rings is 1. The summed E-state index contributed by atoms with van der Waals surface area (Å²) >= 11 is 0. The third kappa shape index (κ3) is 6.79. The van der Waals surface area contributed by atoms with Crippen molar-refractivity contribution in [2.24, 2.45) is 0 Å². The molecule has 0 spiro atoms. The van der Waals surface area contributed by atoms with Gasteiger partial charge in [-0.1, -0.05) is 27.7 Å². The standard InChI is InChI=1S/C9H7F3O5S.2C2H6/c1-16-8(13)6-2-4-7(5-3-6)17-18(14,15)9(10,11)12;2*1-2/h2-5H,1H3;2*1-2H3. The SMILES string of the molecule is CC.CC.COC(=O)c1ccc(OS(=O)(=O)C(F)(F)F)cc1. The van der Waals surface area contributed by atoms with Gasteiger partial charge in [0, 0.05) is 0 Å². The zero-order chi connectivity index (χ0) is 18.0. The second-order valence-electron chi connectivity index (χ2n) is 3.00. The predicted octanol–water partition coefficient (Wildman–Crippen LogP) is 3.75. The molecule has 0 saturated heterocycles. The maximum Gasteiger partial charge on any atom is 0.534 e. The summed E-state index contributed by atoms with van der Waals surface area (Å²) in [6.07, 6.45) is 0. The van der Waals surface area contributed by atoms with Gasteiger partial charge < -0.3 is 8.92 Å². The molecule has 1 rings (SSSR count). The number of ether oxygens (including phenoxy) is 1. The molecule has 0 N–H and O–H groups in total. The van der Waals surface area contributed by atoms with Crippen LogP contribution >= 0.6 is 0 Å². The fourth-order valence-electron chi connectivity index (χ4n) is 0.938. The molecule has 1 aromatic rings. The third-order valence-corrected chi connectivity index (χ3v) is 2.74. The lowest BCUT2D eigenvalue weighted by atomic mass is 10.2. The third-order valence-electron chi connectivity index (χ3n) is 1.76. The average molecular weight is 344 g/mol. The van der Waals surface area contributed by atoms with Gasteiger partial charge in [0.25, 0.3) is 0 Å². The molecule has 0 unspecified atom stereocenters. The highest BCUT2D eigenvalue weighted by atomic mass is 32.2. The van der Waals surface area contributed by atoms with Gasteiger partial charge in [-0.15, -0.1) is 0 Å². The van der Waals surface area contributed by atoms with Crippen molar-refractivity contribution in [3.63, 3.8) is 0 Å². The fourth-order valence-corrected chi connectivity index (χ4v) is 1.40. The molecular formula is C13H19F3O5S. The number of carbonyl (C=O) groups excluding carboxylic acids is 1. The summed E-state index contributed by atoms with van der Waals surface area (Å²) in [4.78, 5) is 11.0. The van der Waals surface area contributed by atoms with Gasteiger partial charge in [-0.3, -0.25) is 0 Å². The molecule has 0 aliphatic rings. The van der Waals surface area contributed by atoms with E-state index in [9.17, 15) is 26.4 Å². The van der Waals surface area contributed by atoms with Crippen molar-refractivity contribution in [1.82, 2.24) is 0 Å². The molecule has 1 aromatic carbocycles. The summed E-state index contributed by atoms with van der Waals surface area (Å²) in [5, 5.41) is 0. The zero-order valence-corrected chi connectivity index (χ0v) is 13.7. The summed E-state index contributed by atoms with van der Waals surface area (Å²) in [5.74, 6) is -1.26. The fraction of sp³-hybridized carbons (Fsp3) is 0.462. The molecule has 0 fully saturated rings. The highest BCUT2D eigenvalue weighted by molar-refractivity contribution is 7.87. The topological polar surface area (TPSA) is 69.7 Å². The minimum Gasteiger partial charge on any atom is -0.465 e. The van der Waals surface area contributed by atoms with Gasteiger partial charge in [0.1, 0.15) is 5.75 Å². The number of halogens is 3. The Labute approximate surface area is 128 Å². The Morgan fingerprint density at radius 3 is 1.73 bits per heavy atom. The van der Waals surface area contributed by atoms with E-state index < -0.39 is 27.3 Å². The second-order valence-corrected chi connectivity index (χ2v) is 4.54. The number of methoxy groups -OCH3 is 1.